The third kappa shape index (κ3) is 31.2. The maximum Gasteiger partial charge on any atom is 0.254 e. The molecule has 370 valence electrons. The number of rotatable bonds is 46. The fourth-order valence-electron chi connectivity index (χ4n) is 5.23. The number of nitrogens with one attached hydrogen (secondary N) is 2. The van der Waals surface area contributed by atoms with Crippen LogP contribution in [-0.4, -0.2) is 224 Å². The van der Waals surface area contributed by atoms with Gasteiger partial charge in [-0.25, -0.2) is 5.84 Å². The highest BCUT2D eigenvalue weighted by atomic mass is 16.6. The fourth-order valence-corrected chi connectivity index (χ4v) is 5.23. The van der Waals surface area contributed by atoms with Crippen LogP contribution in [0.3, 0.4) is 0 Å². The van der Waals surface area contributed by atoms with E-state index in [4.69, 9.17) is 68.4 Å². The lowest BCUT2D eigenvalue weighted by molar-refractivity contribution is -0.140. The van der Waals surface area contributed by atoms with E-state index in [1.807, 2.05) is 0 Å². The van der Waals surface area contributed by atoms with Gasteiger partial charge in [-0.1, -0.05) is 13.8 Å². The van der Waals surface area contributed by atoms with Gasteiger partial charge in [-0.05, 0) is 5.92 Å². The molecule has 64 heavy (non-hydrogen) atoms. The van der Waals surface area contributed by atoms with Crippen LogP contribution in [0, 0.1) is 5.92 Å². The molecule has 0 radical (unpaired) electrons. The van der Waals surface area contributed by atoms with E-state index >= 15 is 0 Å². The molecule has 6 N–H and O–H groups in total. The lowest BCUT2D eigenvalue weighted by atomic mass is 10.0. The Hall–Kier alpha value is -3.69. The normalized spacial score (nSPS) is 13.8. The smallest absolute Gasteiger partial charge is 0.254 e. The van der Waals surface area contributed by atoms with Crippen LogP contribution in [0.1, 0.15) is 20.3 Å². The Morgan fingerprint density at radius 3 is 1.30 bits per heavy atom. The molecule has 1 aliphatic rings. The van der Waals surface area contributed by atoms with Gasteiger partial charge in [-0.3, -0.25) is 24.1 Å². The van der Waals surface area contributed by atoms with Crippen LogP contribution in [0.5, 0.6) is 0 Å². The van der Waals surface area contributed by atoms with Gasteiger partial charge in [0.1, 0.15) is 12.3 Å². The molecule has 0 aromatic rings. The summed E-state index contributed by atoms with van der Waals surface area (Å²) in [6, 6.07) is -2.15. The third-order valence-electron chi connectivity index (χ3n) is 8.50. The van der Waals surface area contributed by atoms with E-state index in [0.29, 0.717) is 145 Å². The van der Waals surface area contributed by atoms with Crippen LogP contribution in [0.2, 0.25) is 0 Å². The van der Waals surface area contributed by atoms with Crippen molar-refractivity contribution in [1.29, 1.82) is 0 Å². The first-order valence-corrected chi connectivity index (χ1v) is 21.5. The quantitative estimate of drug-likeness (QED) is 0.0168. The van der Waals surface area contributed by atoms with Crippen LogP contribution in [0.25, 0.3) is 0 Å². The van der Waals surface area contributed by atoms with Crippen LogP contribution in [-0.2, 0) is 80.8 Å². The van der Waals surface area contributed by atoms with E-state index in [1.54, 1.807) is 21.0 Å². The zero-order valence-corrected chi connectivity index (χ0v) is 37.9. The molecule has 0 aromatic carbocycles. The second-order valence-corrected chi connectivity index (χ2v) is 13.9. The van der Waals surface area contributed by atoms with Crippen LogP contribution < -0.4 is 22.2 Å². The Morgan fingerprint density at radius 2 is 0.969 bits per heavy atom. The summed E-state index contributed by atoms with van der Waals surface area (Å²) in [5.41, 5.74) is 6.23. The number of hydrazine groups is 1. The molecular weight excluding hydrogens is 848 g/mol. The average molecular weight is 923 g/mol. The van der Waals surface area contributed by atoms with Crippen molar-refractivity contribution in [2.45, 2.75) is 32.4 Å². The minimum Gasteiger partial charge on any atom is -0.399 e. The summed E-state index contributed by atoms with van der Waals surface area (Å²) in [6.45, 7) is 13.7. The summed E-state index contributed by atoms with van der Waals surface area (Å²) in [7, 11) is 1.63. The molecule has 1 rings (SSSR count). The monoisotopic (exact) mass is 923 g/mol. The lowest BCUT2D eigenvalue weighted by Gasteiger charge is -2.28. The molecule has 2 atom stereocenters. The van der Waals surface area contributed by atoms with Crippen molar-refractivity contribution in [2.75, 3.05) is 172 Å². The second kappa shape index (κ2) is 40.8. The Labute approximate surface area is 376 Å². The first kappa shape index (κ1) is 58.3. The van der Waals surface area contributed by atoms with Crippen molar-refractivity contribution in [1.82, 2.24) is 20.5 Å². The van der Waals surface area contributed by atoms with E-state index in [1.165, 1.54) is 11.2 Å². The first-order valence-electron chi connectivity index (χ1n) is 21.5. The molecule has 0 saturated heterocycles. The number of carbonyl (C=O) groups excluding carboxylic acids is 5. The molecule has 23 heteroatoms. The zero-order chi connectivity index (χ0) is 46.9. The highest BCUT2D eigenvalue weighted by Gasteiger charge is 2.35. The number of aldehydes is 1. The van der Waals surface area contributed by atoms with Crippen LogP contribution >= 0.6 is 0 Å². The summed E-state index contributed by atoms with van der Waals surface area (Å²) in [4.78, 5) is 62.0. The third-order valence-corrected chi connectivity index (χ3v) is 8.50. The highest BCUT2D eigenvalue weighted by Crippen LogP contribution is 2.18. The Morgan fingerprint density at radius 1 is 0.625 bits per heavy atom. The molecular formula is C41H74N6O17. The largest absolute Gasteiger partial charge is 0.399 e. The van der Waals surface area contributed by atoms with Crippen LogP contribution in [0.15, 0.2) is 24.0 Å². The fraction of sp³-hybridized carbons (Fsp3) is 0.780. The second-order valence-electron chi connectivity index (χ2n) is 13.9. The number of imide groups is 1. The maximum atomic E-state index is 13.0. The predicted octanol–water partition coefficient (Wildman–Crippen LogP) is -2.07. The molecule has 0 spiro atoms. The topological polar surface area (TPSA) is 279 Å². The summed E-state index contributed by atoms with van der Waals surface area (Å²) in [5, 5.41) is 6.21. The van der Waals surface area contributed by atoms with Crippen molar-refractivity contribution in [2.24, 2.45) is 17.5 Å². The van der Waals surface area contributed by atoms with Gasteiger partial charge in [0.25, 0.3) is 11.8 Å². The van der Waals surface area contributed by atoms with Crippen molar-refractivity contribution in [3.63, 3.8) is 0 Å². The molecule has 0 saturated carbocycles. The summed E-state index contributed by atoms with van der Waals surface area (Å²) in [6.07, 6.45) is 3.54. The molecule has 0 bridgehead atoms. The van der Waals surface area contributed by atoms with Gasteiger partial charge in [0.05, 0.1) is 178 Å². The van der Waals surface area contributed by atoms with E-state index in [-0.39, 0.29) is 37.9 Å². The number of hydrogen-bond acceptors (Lipinski definition) is 20. The minimum absolute atomic E-state index is 0.0381. The average Bonchev–Trinajstić information content (AvgIpc) is 3.61. The number of carbonyl (C=O) groups is 5. The standard InChI is InChI=1S/C41H74N6O17/c1-34(2)40(41(52)44-6-8-48)45-37(49)32-36(47-38(50)4-5-39(47)51)35(42)33-46(43)7-9-54-12-13-56-16-17-58-20-21-60-24-25-62-28-29-64-31-30-63-27-26-61-23-22-59-19-18-57-15-14-55-11-10-53-3/h4-5,8,33-34,36,40H,6-7,9-32,42-43H2,1-3H3,(H,44,52)(H,45,49)/b35-33-/t36-,40?/m1/s1. The van der Waals surface area contributed by atoms with Gasteiger partial charge < -0.3 is 83.0 Å². The van der Waals surface area contributed by atoms with Gasteiger partial charge in [0.2, 0.25) is 11.8 Å². The van der Waals surface area contributed by atoms with Crippen molar-refractivity contribution >= 4 is 29.9 Å². The Bertz CT molecular complexity index is 1280. The van der Waals surface area contributed by atoms with E-state index in [9.17, 15) is 24.0 Å². The highest BCUT2D eigenvalue weighted by molar-refractivity contribution is 6.13. The molecule has 4 amide bonds. The molecule has 1 aliphatic heterocycles. The molecule has 0 aromatic heterocycles. The Kier molecular flexibility index (Phi) is 37.2. The first-order chi connectivity index (χ1) is 31.1. The summed E-state index contributed by atoms with van der Waals surface area (Å²) in [5.74, 6) is 3.23. The van der Waals surface area contributed by atoms with Gasteiger partial charge in [-0.2, -0.15) is 0 Å². The van der Waals surface area contributed by atoms with Crippen LogP contribution in [0.4, 0.5) is 0 Å². The SMILES string of the molecule is COCCOCCOCCOCCOCCOCCOCCOCCOCCOCCOCCOCCN(N)/C=C(\N)[C@@H](CC(=O)NC(C(=O)NCC=O)C(C)C)N1C(=O)C=CC1=O. The number of hydrogen-bond donors (Lipinski definition) is 4. The molecule has 1 heterocycles. The number of nitrogens with zero attached hydrogens (tertiary/aromatic N) is 2. The van der Waals surface area contributed by atoms with Gasteiger partial charge in [-0.15, -0.1) is 0 Å². The zero-order valence-electron chi connectivity index (χ0n) is 37.9. The van der Waals surface area contributed by atoms with Crippen molar-refractivity contribution in [3.8, 4) is 0 Å². The van der Waals surface area contributed by atoms with Gasteiger partial charge in [0.15, 0.2) is 0 Å². The summed E-state index contributed by atoms with van der Waals surface area (Å²) >= 11 is 0. The number of methoxy groups -OCH3 is 1. The van der Waals surface area contributed by atoms with E-state index < -0.39 is 42.1 Å². The predicted molar refractivity (Wildman–Crippen MR) is 229 cm³/mol. The molecule has 23 nitrogen and oxygen atoms in total. The molecule has 0 aliphatic carbocycles. The molecule has 1 unspecified atom stereocenters. The van der Waals surface area contributed by atoms with Gasteiger partial charge >= 0.3 is 0 Å². The number of amides is 4. The number of ether oxygens (including phenoxy) is 12. The maximum absolute atomic E-state index is 13.0. The van der Waals surface area contributed by atoms with Gasteiger partial charge in [0, 0.05) is 31.2 Å². The van der Waals surface area contributed by atoms with Crippen molar-refractivity contribution in [3.05, 3.63) is 24.0 Å². The Balaban J connectivity index is 2.00. The van der Waals surface area contributed by atoms with E-state index in [2.05, 4.69) is 10.6 Å². The number of nitrogens with two attached hydrogens (primary N) is 2. The van der Waals surface area contributed by atoms with E-state index in [0.717, 1.165) is 17.1 Å². The molecule has 0 fully saturated rings. The summed E-state index contributed by atoms with van der Waals surface area (Å²) < 4.78 is 65.0. The minimum atomic E-state index is -1.19. The van der Waals surface area contributed by atoms with Crippen molar-refractivity contribution < 1.29 is 80.8 Å². The lowest BCUT2D eigenvalue weighted by Crippen LogP contribution is -2.52.